The van der Waals surface area contributed by atoms with E-state index in [0.29, 0.717) is 70.4 Å². The van der Waals surface area contributed by atoms with E-state index in [1.54, 1.807) is 77.1 Å². The van der Waals surface area contributed by atoms with Gasteiger partial charge in [-0.25, -0.2) is 19.6 Å². The summed E-state index contributed by atoms with van der Waals surface area (Å²) in [5, 5.41) is 6.29. The molecule has 7 rings (SSSR count). The summed E-state index contributed by atoms with van der Waals surface area (Å²) in [5.41, 5.74) is 2.95. The Bertz CT molecular complexity index is 1850. The minimum absolute atomic E-state index is 0.244. The van der Waals surface area contributed by atoms with Gasteiger partial charge in [0.05, 0.1) is 18.8 Å². The van der Waals surface area contributed by atoms with E-state index in [1.807, 2.05) is 30.3 Å². The standard InChI is InChI=1S/C19H15ClN4O2.C13H11BrN4O2/c20-14-3-1-2-13(12-14)16-4-5-17-18(23-16)24(10-11-26-17)19(25)22-15-6-8-21-9-7-15;14-11-2-1-10-12(17-11)18(7-8-20-10)13(19)16-9-3-5-15-6-4-9/h1-9,12H,10-11H2,(H,21,22,25);1-6H,7-8H2,(H,15,16,19). The minimum Gasteiger partial charge on any atom is -0.488 e. The van der Waals surface area contributed by atoms with Crippen LogP contribution >= 0.6 is 27.5 Å². The van der Waals surface area contributed by atoms with Gasteiger partial charge in [-0.05, 0) is 76.6 Å². The highest BCUT2D eigenvalue weighted by Crippen LogP contribution is 2.34. The number of rotatable bonds is 3. The van der Waals surface area contributed by atoms with E-state index in [4.69, 9.17) is 21.1 Å². The number of anilines is 4. The third-order valence-corrected chi connectivity index (χ3v) is 7.45. The highest BCUT2D eigenvalue weighted by molar-refractivity contribution is 9.10. The van der Waals surface area contributed by atoms with E-state index in [0.717, 1.165) is 11.3 Å². The molecule has 12 nitrogen and oxygen atoms in total. The summed E-state index contributed by atoms with van der Waals surface area (Å²) in [6, 6.07) is 21.1. The van der Waals surface area contributed by atoms with Gasteiger partial charge >= 0.3 is 12.1 Å². The van der Waals surface area contributed by atoms with Crippen molar-refractivity contribution >= 4 is 62.6 Å². The van der Waals surface area contributed by atoms with Gasteiger partial charge in [0.25, 0.3) is 0 Å². The summed E-state index contributed by atoms with van der Waals surface area (Å²) in [6.45, 7) is 1.72. The summed E-state index contributed by atoms with van der Waals surface area (Å²) in [5.74, 6) is 2.17. The van der Waals surface area contributed by atoms with Crippen LogP contribution in [0.2, 0.25) is 5.02 Å². The van der Waals surface area contributed by atoms with Crippen molar-refractivity contribution in [2.45, 2.75) is 0 Å². The molecule has 0 saturated heterocycles. The number of aromatic nitrogens is 4. The Kier molecular flexibility index (Phi) is 9.51. The number of benzene rings is 1. The first-order valence-corrected chi connectivity index (χ1v) is 15.3. The van der Waals surface area contributed by atoms with Gasteiger partial charge in [0.15, 0.2) is 23.1 Å². The number of hydrogen-bond donors (Lipinski definition) is 2. The maximum absolute atomic E-state index is 12.7. The van der Waals surface area contributed by atoms with E-state index in [9.17, 15) is 9.59 Å². The molecule has 0 radical (unpaired) electrons. The third kappa shape index (κ3) is 7.33. The zero-order valence-electron chi connectivity index (χ0n) is 24.1. The fourth-order valence-electron chi connectivity index (χ4n) is 4.62. The van der Waals surface area contributed by atoms with Gasteiger partial charge in [-0.1, -0.05) is 23.7 Å². The maximum atomic E-state index is 12.7. The van der Waals surface area contributed by atoms with Crippen LogP contribution in [0.5, 0.6) is 11.5 Å². The molecule has 0 aliphatic carbocycles. The van der Waals surface area contributed by atoms with Crippen molar-refractivity contribution in [1.29, 1.82) is 0 Å². The lowest BCUT2D eigenvalue weighted by atomic mass is 10.1. The molecule has 6 heterocycles. The third-order valence-electron chi connectivity index (χ3n) is 6.77. The first-order chi connectivity index (χ1) is 22.4. The summed E-state index contributed by atoms with van der Waals surface area (Å²) >= 11 is 9.38. The fourth-order valence-corrected chi connectivity index (χ4v) is 5.11. The molecule has 4 amide bonds. The lowest BCUT2D eigenvalue weighted by Crippen LogP contribution is -2.41. The number of amides is 4. The number of ether oxygens (including phenoxy) is 2. The van der Waals surface area contributed by atoms with Gasteiger partial charge in [0.2, 0.25) is 0 Å². The van der Waals surface area contributed by atoms with Gasteiger partial charge in [-0.3, -0.25) is 19.8 Å². The first kappa shape index (κ1) is 30.7. The van der Waals surface area contributed by atoms with Crippen LogP contribution in [-0.4, -0.2) is 58.3 Å². The molecular formula is C32H26BrClN8O4. The van der Waals surface area contributed by atoms with E-state index in [-0.39, 0.29) is 12.1 Å². The van der Waals surface area contributed by atoms with Crippen LogP contribution in [0.1, 0.15) is 0 Å². The Balaban J connectivity index is 0.000000167. The van der Waals surface area contributed by atoms with Crippen LogP contribution in [0.15, 0.2) is 102 Å². The van der Waals surface area contributed by atoms with Gasteiger partial charge in [-0.2, -0.15) is 0 Å². The van der Waals surface area contributed by atoms with Crippen molar-refractivity contribution < 1.29 is 19.1 Å². The number of pyridine rings is 4. The molecule has 0 saturated carbocycles. The SMILES string of the molecule is O=C(Nc1ccncc1)N1CCOc2ccc(-c3cccc(Cl)c3)nc21.O=C(Nc1ccncc1)N1CCOc2ccc(Br)nc21. The molecule has 4 aromatic heterocycles. The van der Waals surface area contributed by atoms with Crippen molar-refractivity contribution in [3.05, 3.63) is 107 Å². The average molecular weight is 702 g/mol. The molecular weight excluding hydrogens is 676 g/mol. The van der Waals surface area contributed by atoms with E-state index >= 15 is 0 Å². The molecule has 2 aliphatic heterocycles. The average Bonchev–Trinajstić information content (AvgIpc) is 3.08. The highest BCUT2D eigenvalue weighted by atomic mass is 79.9. The second-order valence-corrected chi connectivity index (χ2v) is 11.1. The molecule has 0 atom stereocenters. The normalized spacial score (nSPS) is 13.1. The number of urea groups is 2. The van der Waals surface area contributed by atoms with Crippen molar-refractivity contribution in [1.82, 2.24) is 19.9 Å². The van der Waals surface area contributed by atoms with Gasteiger partial charge in [-0.15, -0.1) is 0 Å². The smallest absolute Gasteiger partial charge is 0.327 e. The van der Waals surface area contributed by atoms with Gasteiger partial charge in [0.1, 0.15) is 17.8 Å². The molecule has 46 heavy (non-hydrogen) atoms. The fraction of sp³-hybridized carbons (Fsp3) is 0.125. The Morgan fingerprint density at radius 3 is 1.83 bits per heavy atom. The lowest BCUT2D eigenvalue weighted by Gasteiger charge is -2.28. The number of fused-ring (bicyclic) bond motifs is 2. The number of carbonyl (C=O) groups is 2. The number of nitrogens with one attached hydrogen (secondary N) is 2. The second kappa shape index (κ2) is 14.2. The highest BCUT2D eigenvalue weighted by Gasteiger charge is 2.27. The van der Waals surface area contributed by atoms with Crippen LogP contribution in [0.3, 0.4) is 0 Å². The van der Waals surface area contributed by atoms with E-state index in [2.05, 4.69) is 46.5 Å². The van der Waals surface area contributed by atoms with Crippen LogP contribution < -0.4 is 29.9 Å². The van der Waals surface area contributed by atoms with Crippen molar-refractivity contribution in [2.75, 3.05) is 46.7 Å². The predicted octanol–water partition coefficient (Wildman–Crippen LogP) is 6.90. The number of nitrogens with zero attached hydrogens (tertiary/aromatic N) is 6. The number of halogens is 2. The van der Waals surface area contributed by atoms with Crippen LogP contribution in [0.4, 0.5) is 32.6 Å². The van der Waals surface area contributed by atoms with Gasteiger partial charge in [0, 0.05) is 46.7 Å². The zero-order chi connectivity index (χ0) is 31.9. The molecule has 2 aliphatic rings. The molecule has 2 N–H and O–H groups in total. The number of carbonyl (C=O) groups excluding carboxylic acids is 2. The summed E-state index contributed by atoms with van der Waals surface area (Å²) < 4.78 is 11.8. The molecule has 0 fully saturated rings. The molecule has 0 spiro atoms. The molecule has 5 aromatic rings. The predicted molar refractivity (Wildman–Crippen MR) is 179 cm³/mol. The van der Waals surface area contributed by atoms with Crippen LogP contribution in [0.25, 0.3) is 11.3 Å². The maximum Gasteiger partial charge on any atom is 0.327 e. The van der Waals surface area contributed by atoms with Crippen molar-refractivity contribution in [2.24, 2.45) is 0 Å². The van der Waals surface area contributed by atoms with Crippen molar-refractivity contribution in [3.63, 3.8) is 0 Å². The molecule has 1 aromatic carbocycles. The topological polar surface area (TPSA) is 135 Å². The Morgan fingerprint density at radius 2 is 1.26 bits per heavy atom. The quantitative estimate of drug-likeness (QED) is 0.194. The molecule has 232 valence electrons. The summed E-state index contributed by atoms with van der Waals surface area (Å²) in [4.78, 5) is 45.0. The monoisotopic (exact) mass is 700 g/mol. The number of hydrogen-bond acceptors (Lipinski definition) is 8. The van der Waals surface area contributed by atoms with Crippen LogP contribution in [0, 0.1) is 0 Å². The minimum atomic E-state index is -0.267. The molecule has 14 heteroatoms. The Hall–Kier alpha value is -5.27. The Labute approximate surface area is 277 Å². The van der Waals surface area contributed by atoms with Gasteiger partial charge < -0.3 is 20.1 Å². The largest absolute Gasteiger partial charge is 0.488 e. The summed E-state index contributed by atoms with van der Waals surface area (Å²) in [6.07, 6.45) is 6.49. The molecule has 0 unspecified atom stereocenters. The Morgan fingerprint density at radius 1 is 0.717 bits per heavy atom. The lowest BCUT2D eigenvalue weighted by molar-refractivity contribution is 0.249. The van der Waals surface area contributed by atoms with E-state index in [1.165, 1.54) is 0 Å². The first-order valence-electron chi connectivity index (χ1n) is 14.1. The summed E-state index contributed by atoms with van der Waals surface area (Å²) in [7, 11) is 0. The zero-order valence-corrected chi connectivity index (χ0v) is 26.5. The molecule has 0 bridgehead atoms. The van der Waals surface area contributed by atoms with Crippen molar-refractivity contribution in [3.8, 4) is 22.8 Å². The van der Waals surface area contributed by atoms with Crippen LogP contribution in [-0.2, 0) is 0 Å². The second-order valence-electron chi connectivity index (χ2n) is 9.82. The van der Waals surface area contributed by atoms with E-state index < -0.39 is 0 Å².